The Balaban J connectivity index is 0.00000186. The molecule has 1 unspecified atom stereocenters. The maximum absolute atomic E-state index is 14.4. The molecular formula is C30H35F2N3O2. The van der Waals surface area contributed by atoms with Crippen LogP contribution >= 0.6 is 0 Å². The third-order valence-corrected chi connectivity index (χ3v) is 6.45. The molecule has 5 nitrogen and oxygen atoms in total. The molecule has 0 spiro atoms. The molecule has 0 heterocycles. The fourth-order valence-corrected chi connectivity index (χ4v) is 3.80. The molecular weight excluding hydrogens is 472 g/mol. The molecule has 0 radical (unpaired) electrons. The minimum atomic E-state index is -0.647. The van der Waals surface area contributed by atoms with Gasteiger partial charge in [0.2, 0.25) is 5.91 Å². The quantitative estimate of drug-likeness (QED) is 0.263. The smallest absolute Gasteiger partial charge is 0.226 e. The summed E-state index contributed by atoms with van der Waals surface area (Å²) in [7, 11) is 0. The van der Waals surface area contributed by atoms with E-state index in [2.05, 4.69) is 10.6 Å². The lowest BCUT2D eigenvalue weighted by Gasteiger charge is -2.28. The van der Waals surface area contributed by atoms with Crippen LogP contribution in [0, 0.1) is 29.4 Å². The number of benzene rings is 3. The molecule has 3 aromatic rings. The number of hydrogen-bond donors (Lipinski definition) is 3. The van der Waals surface area contributed by atoms with E-state index in [1.54, 1.807) is 49.4 Å². The molecule has 1 aliphatic rings. The first-order chi connectivity index (χ1) is 17.7. The van der Waals surface area contributed by atoms with Crippen molar-refractivity contribution in [3.8, 4) is 5.75 Å². The highest BCUT2D eigenvalue weighted by Gasteiger charge is 2.45. The summed E-state index contributed by atoms with van der Waals surface area (Å²) in [6, 6.07) is 15.6. The van der Waals surface area contributed by atoms with Crippen LogP contribution in [0.3, 0.4) is 0 Å². The van der Waals surface area contributed by atoms with Crippen molar-refractivity contribution >= 4 is 23.5 Å². The van der Waals surface area contributed by atoms with Crippen LogP contribution in [0.15, 0.2) is 60.7 Å². The van der Waals surface area contributed by atoms with Crippen LogP contribution in [0.25, 0.3) is 0 Å². The van der Waals surface area contributed by atoms with Crippen LogP contribution < -0.4 is 15.4 Å². The van der Waals surface area contributed by atoms with Crippen LogP contribution in [0.4, 0.5) is 20.2 Å². The summed E-state index contributed by atoms with van der Waals surface area (Å²) in [5, 5.41) is 14.1. The number of anilines is 2. The van der Waals surface area contributed by atoms with Crippen LogP contribution in [0.5, 0.6) is 5.75 Å². The first kappa shape index (κ1) is 27.8. The van der Waals surface area contributed by atoms with E-state index in [9.17, 15) is 13.6 Å². The van der Waals surface area contributed by atoms with Crippen LogP contribution in [0.2, 0.25) is 0 Å². The second-order valence-electron chi connectivity index (χ2n) is 9.40. The number of carbonyl (C=O) groups is 1. The molecule has 4 rings (SSSR count). The van der Waals surface area contributed by atoms with Gasteiger partial charge in [-0.2, -0.15) is 0 Å². The first-order valence-electron chi connectivity index (χ1n) is 12.6. The third kappa shape index (κ3) is 6.94. The van der Waals surface area contributed by atoms with Gasteiger partial charge >= 0.3 is 0 Å². The Morgan fingerprint density at radius 3 is 2.32 bits per heavy atom. The Bertz CT molecular complexity index is 1240. The second-order valence-corrected chi connectivity index (χ2v) is 9.40. The van der Waals surface area contributed by atoms with Crippen molar-refractivity contribution in [3.05, 3.63) is 89.0 Å². The second kappa shape index (κ2) is 12.0. The van der Waals surface area contributed by atoms with Gasteiger partial charge in [0.15, 0.2) is 0 Å². The molecule has 196 valence electrons. The number of amides is 1. The van der Waals surface area contributed by atoms with E-state index >= 15 is 0 Å². The normalized spacial score (nSPS) is 14.9. The molecule has 3 N–H and O–H groups in total. The lowest BCUT2D eigenvalue weighted by Crippen LogP contribution is -2.42. The van der Waals surface area contributed by atoms with E-state index < -0.39 is 12.1 Å². The van der Waals surface area contributed by atoms with Crippen molar-refractivity contribution in [2.45, 2.75) is 59.6 Å². The predicted octanol–water partition coefficient (Wildman–Crippen LogP) is 7.47. The van der Waals surface area contributed by atoms with Crippen molar-refractivity contribution in [3.63, 3.8) is 0 Å². The van der Waals surface area contributed by atoms with E-state index in [0.717, 1.165) is 12.8 Å². The Morgan fingerprint density at radius 2 is 1.73 bits per heavy atom. The summed E-state index contributed by atoms with van der Waals surface area (Å²) in [5.41, 5.74) is 2.67. The van der Waals surface area contributed by atoms with Gasteiger partial charge in [-0.05, 0) is 86.3 Å². The number of carbonyl (C=O) groups excluding carboxylic acids is 1. The van der Waals surface area contributed by atoms with Gasteiger partial charge < -0.3 is 20.8 Å². The zero-order valence-corrected chi connectivity index (χ0v) is 22.0. The molecule has 1 fully saturated rings. The SMILES string of the molecule is CC.Cc1ccc([C@@H](Oc2ccc(Nc3ccc(F)cc3)c(C=N)c2)C(C)NC(=O)C2(C)CC2)cc1F. The van der Waals surface area contributed by atoms with Crippen LogP contribution in [0.1, 0.15) is 63.3 Å². The Hall–Kier alpha value is -3.74. The van der Waals surface area contributed by atoms with Gasteiger partial charge in [-0.15, -0.1) is 0 Å². The van der Waals surface area contributed by atoms with Gasteiger partial charge in [-0.3, -0.25) is 4.79 Å². The summed E-state index contributed by atoms with van der Waals surface area (Å²) >= 11 is 0. The van der Waals surface area contributed by atoms with Crippen molar-refractivity contribution in [2.24, 2.45) is 5.41 Å². The number of aryl methyl sites for hydroxylation is 1. The van der Waals surface area contributed by atoms with E-state index in [0.29, 0.717) is 33.8 Å². The first-order valence-corrected chi connectivity index (χ1v) is 12.6. The molecule has 37 heavy (non-hydrogen) atoms. The monoisotopic (exact) mass is 507 g/mol. The fraction of sp³-hybridized carbons (Fsp3) is 0.333. The van der Waals surface area contributed by atoms with Crippen LogP contribution in [-0.4, -0.2) is 18.2 Å². The van der Waals surface area contributed by atoms with Gasteiger partial charge in [0, 0.05) is 28.6 Å². The molecule has 0 aliphatic heterocycles. The molecule has 0 bridgehead atoms. The largest absolute Gasteiger partial charge is 0.484 e. The molecule has 7 heteroatoms. The van der Waals surface area contributed by atoms with Gasteiger partial charge in [0.25, 0.3) is 0 Å². The average molecular weight is 508 g/mol. The summed E-state index contributed by atoms with van der Waals surface area (Å²) in [4.78, 5) is 12.7. The third-order valence-electron chi connectivity index (χ3n) is 6.45. The summed E-state index contributed by atoms with van der Waals surface area (Å²) < 4.78 is 33.9. The summed E-state index contributed by atoms with van der Waals surface area (Å²) in [5.74, 6) is -0.243. The molecule has 1 saturated carbocycles. The lowest BCUT2D eigenvalue weighted by atomic mass is 10.00. The average Bonchev–Trinajstić information content (AvgIpc) is 3.66. The standard InChI is InChI=1S/C28H29F2N3O2.C2H6/c1-17-4-5-19(15-24(17)30)26(18(2)32-27(34)28(3)12-13-28)35-23-10-11-25(20(14-23)16-31)33-22-8-6-21(29)7-9-22;1-2/h4-11,14-16,18,26,31,33H,12-13H2,1-3H3,(H,32,34);1-2H3/t18?,26-;/m0./s1. The van der Waals surface area contributed by atoms with Crippen molar-refractivity contribution in [1.29, 1.82) is 5.41 Å². The van der Waals surface area contributed by atoms with Crippen molar-refractivity contribution < 1.29 is 18.3 Å². The van der Waals surface area contributed by atoms with Gasteiger partial charge in [0.05, 0.1) is 6.04 Å². The molecule has 1 aliphatic carbocycles. The van der Waals surface area contributed by atoms with Crippen LogP contribution in [-0.2, 0) is 4.79 Å². The van der Waals surface area contributed by atoms with E-state index in [-0.39, 0.29) is 23.0 Å². The molecule has 3 aromatic carbocycles. The highest BCUT2D eigenvalue weighted by molar-refractivity contribution is 5.88. The molecule has 0 aromatic heterocycles. The molecule has 0 saturated heterocycles. The highest BCUT2D eigenvalue weighted by Crippen LogP contribution is 2.45. The van der Waals surface area contributed by atoms with E-state index in [1.165, 1.54) is 24.4 Å². The number of hydrogen-bond acceptors (Lipinski definition) is 4. The summed E-state index contributed by atoms with van der Waals surface area (Å²) in [6.45, 7) is 9.46. The number of ether oxygens (including phenoxy) is 1. The maximum atomic E-state index is 14.4. The Kier molecular flexibility index (Phi) is 9.03. The zero-order valence-electron chi connectivity index (χ0n) is 22.0. The zero-order chi connectivity index (χ0) is 27.2. The molecule has 1 amide bonds. The maximum Gasteiger partial charge on any atom is 0.226 e. The topological polar surface area (TPSA) is 74.2 Å². The number of rotatable bonds is 9. The van der Waals surface area contributed by atoms with Crippen molar-refractivity contribution in [1.82, 2.24) is 5.32 Å². The Morgan fingerprint density at radius 1 is 1.05 bits per heavy atom. The minimum Gasteiger partial charge on any atom is -0.484 e. The minimum absolute atomic E-state index is 0.0368. The van der Waals surface area contributed by atoms with E-state index in [1.807, 2.05) is 27.7 Å². The number of halogens is 2. The summed E-state index contributed by atoms with van der Waals surface area (Å²) in [6.07, 6.45) is 2.24. The predicted molar refractivity (Wildman–Crippen MR) is 145 cm³/mol. The van der Waals surface area contributed by atoms with Gasteiger partial charge in [-0.1, -0.05) is 32.9 Å². The van der Waals surface area contributed by atoms with Gasteiger partial charge in [0.1, 0.15) is 23.5 Å². The highest BCUT2D eigenvalue weighted by atomic mass is 19.1. The lowest BCUT2D eigenvalue weighted by molar-refractivity contribution is -0.127. The number of nitrogens with one attached hydrogen (secondary N) is 3. The molecule has 2 atom stereocenters. The van der Waals surface area contributed by atoms with Crippen molar-refractivity contribution in [2.75, 3.05) is 5.32 Å². The fourth-order valence-electron chi connectivity index (χ4n) is 3.80. The van der Waals surface area contributed by atoms with E-state index in [4.69, 9.17) is 10.1 Å². The van der Waals surface area contributed by atoms with Gasteiger partial charge in [-0.25, -0.2) is 8.78 Å². The Labute approximate surface area is 217 Å².